The van der Waals surface area contributed by atoms with Crippen molar-refractivity contribution in [3.8, 4) is 0 Å². The minimum Gasteiger partial charge on any atom is -0.389 e. The van der Waals surface area contributed by atoms with E-state index in [2.05, 4.69) is 0 Å². The maximum atomic E-state index is 9.45. The molecule has 0 bridgehead atoms. The Kier molecular flexibility index (Phi) is 4.22. The summed E-state index contributed by atoms with van der Waals surface area (Å²) in [5, 5.41) is 18.1. The van der Waals surface area contributed by atoms with E-state index in [-0.39, 0.29) is 5.88 Å². The molecule has 13 heavy (non-hydrogen) atoms. The molecule has 1 fully saturated rings. The molecular formula is C7H12Cl2O4. The van der Waals surface area contributed by atoms with Gasteiger partial charge in [-0.1, -0.05) is 0 Å². The van der Waals surface area contributed by atoms with E-state index in [1.165, 1.54) is 7.11 Å². The largest absolute Gasteiger partial charge is 0.389 e. The van der Waals surface area contributed by atoms with Crippen LogP contribution in [0.2, 0.25) is 0 Å². The van der Waals surface area contributed by atoms with E-state index in [0.29, 0.717) is 0 Å². The summed E-state index contributed by atoms with van der Waals surface area (Å²) in [4.78, 5) is 0. The Balaban J connectivity index is 2.66. The highest BCUT2D eigenvalue weighted by Gasteiger charge is 2.43. The summed E-state index contributed by atoms with van der Waals surface area (Å²) in [7, 11) is 1.38. The molecule has 4 nitrogen and oxygen atoms in total. The molecule has 1 rings (SSSR count). The third-order valence-corrected chi connectivity index (χ3v) is 2.85. The lowest BCUT2D eigenvalue weighted by molar-refractivity contribution is -0.251. The first-order chi connectivity index (χ1) is 6.11. The van der Waals surface area contributed by atoms with Gasteiger partial charge in [-0.15, -0.1) is 23.2 Å². The van der Waals surface area contributed by atoms with Crippen LogP contribution in [-0.4, -0.2) is 53.2 Å². The minimum absolute atomic E-state index is 0.151. The Bertz CT molecular complexity index is 149. The van der Waals surface area contributed by atoms with Crippen LogP contribution < -0.4 is 0 Å². The van der Waals surface area contributed by atoms with Crippen molar-refractivity contribution in [1.82, 2.24) is 0 Å². The average molecular weight is 231 g/mol. The summed E-state index contributed by atoms with van der Waals surface area (Å²) in [5.74, 6) is 0.151. The second kappa shape index (κ2) is 4.77. The third-order valence-electron chi connectivity index (χ3n) is 2.00. The average Bonchev–Trinajstić information content (AvgIpc) is 2.15. The molecule has 0 aromatic rings. The van der Waals surface area contributed by atoms with Crippen LogP contribution in [0.15, 0.2) is 0 Å². The van der Waals surface area contributed by atoms with Crippen molar-refractivity contribution < 1.29 is 19.7 Å². The molecule has 0 aliphatic carbocycles. The number of hydrogen-bond acceptors (Lipinski definition) is 4. The van der Waals surface area contributed by atoms with Gasteiger partial charge in [-0.2, -0.15) is 0 Å². The lowest BCUT2D eigenvalue weighted by Gasteiger charge is -2.38. The van der Waals surface area contributed by atoms with Crippen LogP contribution in [0, 0.1) is 0 Å². The van der Waals surface area contributed by atoms with Crippen molar-refractivity contribution >= 4 is 23.2 Å². The molecule has 0 saturated carbocycles. The number of methoxy groups -OCH3 is 1. The van der Waals surface area contributed by atoms with Gasteiger partial charge < -0.3 is 19.7 Å². The normalized spacial score (nSPS) is 46.4. The maximum absolute atomic E-state index is 9.45. The second-order valence-electron chi connectivity index (χ2n) is 2.86. The zero-order chi connectivity index (χ0) is 10.0. The van der Waals surface area contributed by atoms with E-state index in [4.69, 9.17) is 32.7 Å². The Hall–Kier alpha value is 0.420. The molecule has 5 atom stereocenters. The van der Waals surface area contributed by atoms with Crippen LogP contribution in [0.4, 0.5) is 0 Å². The van der Waals surface area contributed by atoms with Crippen LogP contribution >= 0.6 is 23.2 Å². The Morgan fingerprint density at radius 3 is 2.46 bits per heavy atom. The number of rotatable bonds is 2. The predicted octanol–water partition coefficient (Wildman–Crippen LogP) is -0.0743. The third kappa shape index (κ3) is 2.26. The van der Waals surface area contributed by atoms with Crippen molar-refractivity contribution in [3.05, 3.63) is 0 Å². The van der Waals surface area contributed by atoms with Gasteiger partial charge in [0.2, 0.25) is 0 Å². The number of aliphatic hydroxyl groups excluding tert-OH is 2. The summed E-state index contributed by atoms with van der Waals surface area (Å²) < 4.78 is 9.99. The number of aliphatic hydroxyl groups is 2. The van der Waals surface area contributed by atoms with Gasteiger partial charge in [-0.25, -0.2) is 0 Å². The number of ether oxygens (including phenoxy) is 2. The van der Waals surface area contributed by atoms with Crippen LogP contribution in [0.5, 0.6) is 0 Å². The zero-order valence-corrected chi connectivity index (χ0v) is 8.57. The molecular weight excluding hydrogens is 219 g/mol. The van der Waals surface area contributed by atoms with Gasteiger partial charge in [0.05, 0.1) is 17.4 Å². The van der Waals surface area contributed by atoms with Gasteiger partial charge in [-0.05, 0) is 0 Å². The quantitative estimate of drug-likeness (QED) is 0.653. The van der Waals surface area contributed by atoms with E-state index in [1.807, 2.05) is 0 Å². The summed E-state index contributed by atoms with van der Waals surface area (Å²) >= 11 is 11.3. The smallest absolute Gasteiger partial charge is 0.186 e. The van der Waals surface area contributed by atoms with Gasteiger partial charge in [0, 0.05) is 7.11 Å². The molecule has 1 aliphatic rings. The van der Waals surface area contributed by atoms with Crippen LogP contribution in [-0.2, 0) is 9.47 Å². The Morgan fingerprint density at radius 1 is 1.38 bits per heavy atom. The predicted molar refractivity (Wildman–Crippen MR) is 48.0 cm³/mol. The number of alkyl halides is 2. The molecule has 6 heteroatoms. The van der Waals surface area contributed by atoms with Crippen LogP contribution in [0.25, 0.3) is 0 Å². The highest BCUT2D eigenvalue weighted by Crippen LogP contribution is 2.26. The molecule has 0 spiro atoms. The van der Waals surface area contributed by atoms with Gasteiger partial charge in [0.1, 0.15) is 12.2 Å². The topological polar surface area (TPSA) is 58.9 Å². The molecule has 1 heterocycles. The molecule has 0 aromatic carbocycles. The summed E-state index contributed by atoms with van der Waals surface area (Å²) in [5.41, 5.74) is 0. The minimum atomic E-state index is -1.13. The fourth-order valence-corrected chi connectivity index (χ4v) is 1.87. The van der Waals surface area contributed by atoms with Crippen LogP contribution in [0.1, 0.15) is 0 Å². The van der Waals surface area contributed by atoms with Crippen molar-refractivity contribution in [2.75, 3.05) is 13.0 Å². The second-order valence-corrected chi connectivity index (χ2v) is 3.67. The highest BCUT2D eigenvalue weighted by atomic mass is 35.5. The summed E-state index contributed by atoms with van der Waals surface area (Å²) in [6.45, 7) is 0. The molecule has 2 N–H and O–H groups in total. The van der Waals surface area contributed by atoms with Gasteiger partial charge in [0.15, 0.2) is 6.29 Å². The first kappa shape index (κ1) is 11.5. The van der Waals surface area contributed by atoms with Crippen molar-refractivity contribution in [1.29, 1.82) is 0 Å². The molecule has 78 valence electrons. The SMILES string of the molecule is CO[C@H]1OC(CCl)[C@H](Cl)C(O)[C@@H]1O. The molecule has 0 radical (unpaired) electrons. The zero-order valence-electron chi connectivity index (χ0n) is 7.06. The van der Waals surface area contributed by atoms with Gasteiger partial charge in [0.25, 0.3) is 0 Å². The summed E-state index contributed by atoms with van der Waals surface area (Å²) in [6.07, 6.45) is -3.59. The maximum Gasteiger partial charge on any atom is 0.186 e. The Labute approximate surface area is 86.3 Å². The molecule has 0 amide bonds. The fourth-order valence-electron chi connectivity index (χ4n) is 1.21. The van der Waals surface area contributed by atoms with Gasteiger partial charge in [-0.3, -0.25) is 0 Å². The highest BCUT2D eigenvalue weighted by molar-refractivity contribution is 6.23. The van der Waals surface area contributed by atoms with Crippen LogP contribution in [0.3, 0.4) is 0 Å². The van der Waals surface area contributed by atoms with Crippen molar-refractivity contribution in [2.24, 2.45) is 0 Å². The van der Waals surface area contributed by atoms with E-state index in [0.717, 1.165) is 0 Å². The van der Waals surface area contributed by atoms with E-state index >= 15 is 0 Å². The molecule has 2 unspecified atom stereocenters. The lowest BCUT2D eigenvalue weighted by atomic mass is 10.0. The molecule has 1 aliphatic heterocycles. The van der Waals surface area contributed by atoms with E-state index in [9.17, 15) is 10.2 Å². The van der Waals surface area contributed by atoms with E-state index < -0.39 is 30.0 Å². The number of hydrogen-bond donors (Lipinski definition) is 2. The summed E-state index contributed by atoms with van der Waals surface area (Å²) in [6, 6.07) is 0. The van der Waals surface area contributed by atoms with Gasteiger partial charge >= 0.3 is 0 Å². The van der Waals surface area contributed by atoms with Crippen molar-refractivity contribution in [2.45, 2.75) is 30.0 Å². The van der Waals surface area contributed by atoms with Crippen molar-refractivity contribution in [3.63, 3.8) is 0 Å². The number of halogens is 2. The fraction of sp³-hybridized carbons (Fsp3) is 1.00. The standard InChI is InChI=1S/C7H12Cl2O4/c1-12-7-6(11)5(10)4(9)3(2-8)13-7/h3-7,10-11H,2H2,1H3/t3?,4-,5?,6-,7-/m0/s1. The Morgan fingerprint density at radius 2 is 2.00 bits per heavy atom. The first-order valence-electron chi connectivity index (χ1n) is 3.86. The van der Waals surface area contributed by atoms with E-state index in [1.54, 1.807) is 0 Å². The first-order valence-corrected chi connectivity index (χ1v) is 4.83. The monoisotopic (exact) mass is 230 g/mol. The molecule has 1 saturated heterocycles. The molecule has 0 aromatic heterocycles. The lowest BCUT2D eigenvalue weighted by Crippen LogP contribution is -2.56.